The van der Waals surface area contributed by atoms with Crippen LogP contribution in [-0.4, -0.2) is 34.7 Å². The van der Waals surface area contributed by atoms with Gasteiger partial charge in [0.15, 0.2) is 5.78 Å². The molecule has 0 bridgehead atoms. The molecule has 156 valence electrons. The van der Waals surface area contributed by atoms with Gasteiger partial charge in [-0.15, -0.1) is 0 Å². The number of aromatic amines is 1. The minimum Gasteiger partial charge on any atom is -0.354 e. The van der Waals surface area contributed by atoms with Gasteiger partial charge >= 0.3 is 0 Å². The molecule has 1 aromatic heterocycles. The molecule has 2 heterocycles. The fourth-order valence-electron chi connectivity index (χ4n) is 4.82. The van der Waals surface area contributed by atoms with Crippen LogP contribution < -0.4 is 5.32 Å². The van der Waals surface area contributed by atoms with Crippen LogP contribution in [0.15, 0.2) is 24.3 Å². The van der Waals surface area contributed by atoms with E-state index in [0.717, 1.165) is 48.3 Å². The van der Waals surface area contributed by atoms with Gasteiger partial charge in [-0.25, -0.2) is 0 Å². The standard InChI is InChI=1S/C24H33N3O2/c1-15-10-16(2)13-27(12-15)14-21-9-7-6-8-20(21)11-25-24(29)23-17(3)22(19(5)28)18(4)26-23/h6-9,15-16,26H,10-14H2,1-5H3,(H,25,29). The number of carbonyl (C=O) groups is 2. The lowest BCUT2D eigenvalue weighted by atomic mass is 9.91. The van der Waals surface area contributed by atoms with Crippen LogP contribution in [0, 0.1) is 25.7 Å². The Kier molecular flexibility index (Phi) is 6.58. The smallest absolute Gasteiger partial charge is 0.268 e. The number of carbonyl (C=O) groups excluding carboxylic acids is 2. The van der Waals surface area contributed by atoms with E-state index in [1.54, 1.807) is 0 Å². The van der Waals surface area contributed by atoms with Gasteiger partial charge in [0.05, 0.1) is 0 Å². The topological polar surface area (TPSA) is 65.2 Å². The van der Waals surface area contributed by atoms with Crippen LogP contribution in [0.1, 0.15) is 70.4 Å². The van der Waals surface area contributed by atoms with Crippen LogP contribution in [0.25, 0.3) is 0 Å². The second kappa shape index (κ2) is 8.95. The molecular formula is C24H33N3O2. The highest BCUT2D eigenvalue weighted by atomic mass is 16.2. The van der Waals surface area contributed by atoms with E-state index in [0.29, 0.717) is 17.8 Å². The first-order valence-corrected chi connectivity index (χ1v) is 10.5. The largest absolute Gasteiger partial charge is 0.354 e. The molecule has 0 spiro atoms. The Morgan fingerprint density at radius 3 is 2.31 bits per heavy atom. The molecule has 0 saturated carbocycles. The van der Waals surface area contributed by atoms with E-state index in [1.807, 2.05) is 19.9 Å². The number of H-pyrrole nitrogens is 1. The summed E-state index contributed by atoms with van der Waals surface area (Å²) in [7, 11) is 0. The van der Waals surface area contributed by atoms with E-state index in [2.05, 4.69) is 47.2 Å². The number of nitrogens with zero attached hydrogens (tertiary/aromatic N) is 1. The monoisotopic (exact) mass is 395 g/mol. The van der Waals surface area contributed by atoms with Crippen molar-refractivity contribution in [3.63, 3.8) is 0 Å². The fourth-order valence-corrected chi connectivity index (χ4v) is 4.82. The SMILES string of the molecule is CC(=O)c1c(C)[nH]c(C(=O)NCc2ccccc2CN2CC(C)CC(C)C2)c1C. The third-order valence-corrected chi connectivity index (χ3v) is 5.91. The van der Waals surface area contributed by atoms with Crippen molar-refractivity contribution in [1.82, 2.24) is 15.2 Å². The molecule has 5 heteroatoms. The van der Waals surface area contributed by atoms with Crippen molar-refractivity contribution in [3.8, 4) is 0 Å². The van der Waals surface area contributed by atoms with Crippen LogP contribution in [0.5, 0.6) is 0 Å². The molecular weight excluding hydrogens is 362 g/mol. The Morgan fingerprint density at radius 2 is 1.72 bits per heavy atom. The van der Waals surface area contributed by atoms with E-state index < -0.39 is 0 Å². The van der Waals surface area contributed by atoms with Gasteiger partial charge in [-0.3, -0.25) is 14.5 Å². The lowest BCUT2D eigenvalue weighted by Crippen LogP contribution is -2.38. The van der Waals surface area contributed by atoms with Crippen molar-refractivity contribution in [3.05, 3.63) is 57.9 Å². The first-order valence-electron chi connectivity index (χ1n) is 10.5. The number of aromatic nitrogens is 1. The summed E-state index contributed by atoms with van der Waals surface area (Å²) in [6.07, 6.45) is 1.30. The summed E-state index contributed by atoms with van der Waals surface area (Å²) in [5.41, 5.74) is 4.95. The van der Waals surface area contributed by atoms with E-state index in [4.69, 9.17) is 0 Å². The zero-order valence-corrected chi connectivity index (χ0v) is 18.3. The average molecular weight is 396 g/mol. The number of hydrogen-bond acceptors (Lipinski definition) is 3. The van der Waals surface area contributed by atoms with Gasteiger partial charge in [0, 0.05) is 37.4 Å². The summed E-state index contributed by atoms with van der Waals surface area (Å²) in [6, 6.07) is 8.32. The lowest BCUT2D eigenvalue weighted by molar-refractivity contribution is 0.0945. The number of nitrogens with one attached hydrogen (secondary N) is 2. The molecule has 0 aliphatic carbocycles. The number of likely N-dealkylation sites (tertiary alicyclic amines) is 1. The molecule has 5 nitrogen and oxygen atoms in total. The number of amides is 1. The Balaban J connectivity index is 1.69. The first kappa shape index (κ1) is 21.3. The van der Waals surface area contributed by atoms with Crippen LogP contribution in [0.4, 0.5) is 0 Å². The molecule has 2 unspecified atom stereocenters. The lowest BCUT2D eigenvalue weighted by Gasteiger charge is -2.35. The molecule has 1 fully saturated rings. The molecule has 1 saturated heterocycles. The number of piperidine rings is 1. The first-order chi connectivity index (χ1) is 13.8. The number of aryl methyl sites for hydroxylation is 1. The second-order valence-corrected chi connectivity index (χ2v) is 8.77. The Hall–Kier alpha value is -2.40. The molecule has 2 N–H and O–H groups in total. The normalized spacial score (nSPS) is 19.9. The predicted octanol–water partition coefficient (Wildman–Crippen LogP) is 4.24. The molecule has 1 aromatic carbocycles. The highest BCUT2D eigenvalue weighted by Crippen LogP contribution is 2.23. The molecule has 1 aliphatic rings. The summed E-state index contributed by atoms with van der Waals surface area (Å²) in [5.74, 6) is 1.25. The number of rotatable bonds is 6. The van der Waals surface area contributed by atoms with Crippen molar-refractivity contribution in [2.24, 2.45) is 11.8 Å². The second-order valence-electron chi connectivity index (χ2n) is 8.77. The Bertz CT molecular complexity index is 890. The molecule has 1 amide bonds. The minimum atomic E-state index is -0.173. The third kappa shape index (κ3) is 4.96. The van der Waals surface area contributed by atoms with Crippen LogP contribution in [0.3, 0.4) is 0 Å². The van der Waals surface area contributed by atoms with Gasteiger partial charge in [-0.2, -0.15) is 0 Å². The number of benzene rings is 1. The quantitative estimate of drug-likeness (QED) is 0.719. The summed E-state index contributed by atoms with van der Waals surface area (Å²) in [6.45, 7) is 13.5. The summed E-state index contributed by atoms with van der Waals surface area (Å²) in [5, 5.41) is 3.03. The third-order valence-electron chi connectivity index (χ3n) is 5.91. The van der Waals surface area contributed by atoms with Gasteiger partial charge in [-0.05, 0) is 55.7 Å². The molecule has 29 heavy (non-hydrogen) atoms. The predicted molar refractivity (Wildman–Crippen MR) is 116 cm³/mol. The minimum absolute atomic E-state index is 0.0226. The maximum Gasteiger partial charge on any atom is 0.268 e. The van der Waals surface area contributed by atoms with Crippen molar-refractivity contribution < 1.29 is 9.59 Å². The molecule has 0 radical (unpaired) electrons. The van der Waals surface area contributed by atoms with Crippen molar-refractivity contribution in [2.45, 2.75) is 54.1 Å². The molecule has 2 atom stereocenters. The van der Waals surface area contributed by atoms with Crippen LogP contribution in [0.2, 0.25) is 0 Å². The summed E-state index contributed by atoms with van der Waals surface area (Å²) in [4.78, 5) is 30.2. The molecule has 2 aromatic rings. The average Bonchev–Trinajstić information content (AvgIpc) is 2.94. The van der Waals surface area contributed by atoms with E-state index in [1.165, 1.54) is 18.9 Å². The van der Waals surface area contributed by atoms with E-state index >= 15 is 0 Å². The van der Waals surface area contributed by atoms with Gasteiger partial charge in [0.1, 0.15) is 5.69 Å². The number of ketones is 1. The summed E-state index contributed by atoms with van der Waals surface area (Å²) >= 11 is 0. The Labute approximate surface area is 173 Å². The maximum atomic E-state index is 12.8. The van der Waals surface area contributed by atoms with E-state index in [-0.39, 0.29) is 11.7 Å². The molecule has 3 rings (SSSR count). The number of Topliss-reactive ketones (excluding diaryl/α,β-unsaturated/α-hetero) is 1. The fraction of sp³-hybridized carbons (Fsp3) is 0.500. The highest BCUT2D eigenvalue weighted by Gasteiger charge is 2.23. The van der Waals surface area contributed by atoms with Crippen LogP contribution >= 0.6 is 0 Å². The van der Waals surface area contributed by atoms with Gasteiger partial charge in [-0.1, -0.05) is 38.1 Å². The summed E-state index contributed by atoms with van der Waals surface area (Å²) < 4.78 is 0. The van der Waals surface area contributed by atoms with Crippen LogP contribution in [-0.2, 0) is 13.1 Å². The van der Waals surface area contributed by atoms with Gasteiger partial charge in [0.2, 0.25) is 0 Å². The number of hydrogen-bond donors (Lipinski definition) is 2. The van der Waals surface area contributed by atoms with E-state index in [9.17, 15) is 9.59 Å². The van der Waals surface area contributed by atoms with Crippen molar-refractivity contribution in [1.29, 1.82) is 0 Å². The maximum absolute atomic E-state index is 12.8. The van der Waals surface area contributed by atoms with Gasteiger partial charge in [0.25, 0.3) is 5.91 Å². The zero-order valence-electron chi connectivity index (χ0n) is 18.3. The van der Waals surface area contributed by atoms with Gasteiger partial charge < -0.3 is 10.3 Å². The molecule has 1 aliphatic heterocycles. The zero-order chi connectivity index (χ0) is 21.1. The Morgan fingerprint density at radius 1 is 1.10 bits per heavy atom. The highest BCUT2D eigenvalue weighted by molar-refractivity contribution is 6.02. The van der Waals surface area contributed by atoms with Crippen molar-refractivity contribution in [2.75, 3.05) is 13.1 Å². The van der Waals surface area contributed by atoms with Crippen molar-refractivity contribution >= 4 is 11.7 Å².